The smallest absolute Gasteiger partial charge is 0.158 e. The van der Waals surface area contributed by atoms with E-state index in [0.717, 1.165) is 36.5 Å². The van der Waals surface area contributed by atoms with Crippen LogP contribution in [0.4, 0.5) is 0 Å². The molecule has 1 aromatic carbocycles. The van der Waals surface area contributed by atoms with Crippen LogP contribution in [-0.2, 0) is 6.54 Å². The number of nitrogens with one attached hydrogen (secondary N) is 1. The lowest BCUT2D eigenvalue weighted by atomic mass is 10.1. The van der Waals surface area contributed by atoms with Crippen molar-refractivity contribution in [3.63, 3.8) is 0 Å². The third kappa shape index (κ3) is 2.95. The van der Waals surface area contributed by atoms with Gasteiger partial charge in [-0.1, -0.05) is 25.1 Å². The molecule has 0 spiro atoms. The molecular formula is C17H20N4. The Morgan fingerprint density at radius 1 is 1.19 bits per heavy atom. The predicted octanol–water partition coefficient (Wildman–Crippen LogP) is 3.23. The van der Waals surface area contributed by atoms with Crippen LogP contribution in [0.1, 0.15) is 24.6 Å². The Kier molecular flexibility index (Phi) is 3.97. The summed E-state index contributed by atoms with van der Waals surface area (Å²) in [7, 11) is 0. The van der Waals surface area contributed by atoms with Crippen LogP contribution < -0.4 is 5.32 Å². The molecule has 1 N–H and O–H groups in total. The summed E-state index contributed by atoms with van der Waals surface area (Å²) in [5.41, 5.74) is 3.17. The Balaban J connectivity index is 2.07. The molecule has 0 aliphatic rings. The number of fused-ring (bicyclic) bond motifs is 1. The number of rotatable bonds is 5. The van der Waals surface area contributed by atoms with Gasteiger partial charge in [-0.15, -0.1) is 0 Å². The molecule has 0 saturated heterocycles. The van der Waals surface area contributed by atoms with Crippen molar-refractivity contribution in [1.82, 2.24) is 20.1 Å². The molecule has 3 aromatic rings. The zero-order valence-electron chi connectivity index (χ0n) is 12.5. The van der Waals surface area contributed by atoms with Crippen LogP contribution in [0.5, 0.6) is 0 Å². The number of hydrogen-bond donors (Lipinski definition) is 1. The third-order valence-electron chi connectivity index (χ3n) is 3.46. The van der Waals surface area contributed by atoms with E-state index in [2.05, 4.69) is 29.5 Å². The molecule has 4 heteroatoms. The van der Waals surface area contributed by atoms with Gasteiger partial charge in [-0.25, -0.2) is 9.67 Å². The Hall–Kier alpha value is -2.20. The molecular weight excluding hydrogens is 260 g/mol. The van der Waals surface area contributed by atoms with Gasteiger partial charge in [0.2, 0.25) is 0 Å². The first-order chi connectivity index (χ1) is 10.3. The molecule has 21 heavy (non-hydrogen) atoms. The fourth-order valence-corrected chi connectivity index (χ4v) is 2.41. The number of hydrogen-bond acceptors (Lipinski definition) is 3. The first kappa shape index (κ1) is 13.8. The molecule has 108 valence electrons. The predicted molar refractivity (Wildman–Crippen MR) is 85.6 cm³/mol. The highest BCUT2D eigenvalue weighted by molar-refractivity contribution is 5.80. The molecule has 0 aliphatic heterocycles. The van der Waals surface area contributed by atoms with E-state index in [4.69, 9.17) is 4.98 Å². The van der Waals surface area contributed by atoms with E-state index in [1.165, 1.54) is 10.9 Å². The lowest BCUT2D eigenvalue weighted by molar-refractivity contribution is 0.667. The lowest BCUT2D eigenvalue weighted by Gasteiger charge is -2.11. The molecule has 2 aromatic heterocycles. The zero-order chi connectivity index (χ0) is 14.7. The van der Waals surface area contributed by atoms with Crippen LogP contribution in [0.15, 0.2) is 42.6 Å². The summed E-state index contributed by atoms with van der Waals surface area (Å²) in [6.45, 7) is 5.97. The van der Waals surface area contributed by atoms with Crippen LogP contribution in [-0.4, -0.2) is 21.3 Å². The molecule has 0 atom stereocenters. The van der Waals surface area contributed by atoms with Gasteiger partial charge in [0.05, 0.1) is 11.2 Å². The normalized spacial score (nSPS) is 11.1. The maximum absolute atomic E-state index is 4.80. The molecule has 2 heterocycles. The number of nitrogens with zero attached hydrogens (tertiary/aromatic N) is 3. The highest BCUT2D eigenvalue weighted by Crippen LogP contribution is 2.19. The van der Waals surface area contributed by atoms with Gasteiger partial charge in [0.25, 0.3) is 0 Å². The average molecular weight is 280 g/mol. The summed E-state index contributed by atoms with van der Waals surface area (Å²) in [6.07, 6.45) is 3.09. The van der Waals surface area contributed by atoms with Crippen molar-refractivity contribution in [1.29, 1.82) is 0 Å². The van der Waals surface area contributed by atoms with Gasteiger partial charge in [-0.3, -0.25) is 0 Å². The summed E-state index contributed by atoms with van der Waals surface area (Å²) in [6, 6.07) is 12.4. The number of aromatic nitrogens is 3. The van der Waals surface area contributed by atoms with Crippen LogP contribution in [0.2, 0.25) is 0 Å². The SMILES string of the molecule is CCCNCc1cc2ccccc2nc1-n1ccc(C)n1. The minimum Gasteiger partial charge on any atom is -0.313 e. The number of benzene rings is 1. The topological polar surface area (TPSA) is 42.7 Å². The summed E-state index contributed by atoms with van der Waals surface area (Å²) < 4.78 is 1.87. The second kappa shape index (κ2) is 6.06. The van der Waals surface area contributed by atoms with Gasteiger partial charge < -0.3 is 5.32 Å². The molecule has 0 unspecified atom stereocenters. The third-order valence-corrected chi connectivity index (χ3v) is 3.46. The van der Waals surface area contributed by atoms with Gasteiger partial charge in [-0.2, -0.15) is 5.10 Å². The minimum atomic E-state index is 0.805. The molecule has 3 rings (SSSR count). The maximum Gasteiger partial charge on any atom is 0.158 e. The molecule has 4 nitrogen and oxygen atoms in total. The number of pyridine rings is 1. The van der Waals surface area contributed by atoms with Gasteiger partial charge in [0.1, 0.15) is 0 Å². The summed E-state index contributed by atoms with van der Waals surface area (Å²) in [5.74, 6) is 0.908. The summed E-state index contributed by atoms with van der Waals surface area (Å²) in [5, 5.41) is 9.12. The lowest BCUT2D eigenvalue weighted by Crippen LogP contribution is -2.16. The van der Waals surface area contributed by atoms with Crippen molar-refractivity contribution >= 4 is 10.9 Å². The standard InChI is InChI=1S/C17H20N4/c1-3-9-18-12-15-11-14-6-4-5-7-16(14)19-17(15)21-10-8-13(2)20-21/h4-8,10-11,18H,3,9,12H2,1-2H3. The Morgan fingerprint density at radius 2 is 2.05 bits per heavy atom. The molecule has 0 saturated carbocycles. The zero-order valence-corrected chi connectivity index (χ0v) is 12.5. The van der Waals surface area contributed by atoms with Gasteiger partial charge >= 0.3 is 0 Å². The molecule has 0 bridgehead atoms. The maximum atomic E-state index is 4.80. The Bertz CT molecular complexity index is 745. The van der Waals surface area contributed by atoms with E-state index in [9.17, 15) is 0 Å². The second-order valence-corrected chi connectivity index (χ2v) is 5.24. The van der Waals surface area contributed by atoms with Crippen molar-refractivity contribution in [2.24, 2.45) is 0 Å². The van der Waals surface area contributed by atoms with E-state index >= 15 is 0 Å². The Morgan fingerprint density at radius 3 is 2.81 bits per heavy atom. The average Bonchev–Trinajstić information content (AvgIpc) is 2.93. The molecule has 0 aliphatic carbocycles. The molecule has 0 amide bonds. The van der Waals surface area contributed by atoms with Crippen molar-refractivity contribution in [2.75, 3.05) is 6.54 Å². The van der Waals surface area contributed by atoms with Crippen molar-refractivity contribution < 1.29 is 0 Å². The first-order valence-electron chi connectivity index (χ1n) is 7.40. The first-order valence-corrected chi connectivity index (χ1v) is 7.40. The number of aryl methyl sites for hydroxylation is 1. The van der Waals surface area contributed by atoms with E-state index in [1.807, 2.05) is 42.1 Å². The second-order valence-electron chi connectivity index (χ2n) is 5.24. The molecule has 0 fully saturated rings. The van der Waals surface area contributed by atoms with E-state index in [0.29, 0.717) is 0 Å². The Labute approximate surface area is 124 Å². The van der Waals surface area contributed by atoms with Gasteiger partial charge in [-0.05, 0) is 38.1 Å². The van der Waals surface area contributed by atoms with Crippen molar-refractivity contribution in [3.8, 4) is 5.82 Å². The minimum absolute atomic E-state index is 0.805. The fourth-order valence-electron chi connectivity index (χ4n) is 2.41. The van der Waals surface area contributed by atoms with Crippen LogP contribution in [0.25, 0.3) is 16.7 Å². The fraction of sp³-hybridized carbons (Fsp3) is 0.294. The van der Waals surface area contributed by atoms with Crippen LogP contribution in [0.3, 0.4) is 0 Å². The van der Waals surface area contributed by atoms with E-state index in [1.54, 1.807) is 0 Å². The van der Waals surface area contributed by atoms with Crippen molar-refractivity contribution in [2.45, 2.75) is 26.8 Å². The van der Waals surface area contributed by atoms with Gasteiger partial charge in [0.15, 0.2) is 5.82 Å². The van der Waals surface area contributed by atoms with Gasteiger partial charge in [0, 0.05) is 23.7 Å². The van der Waals surface area contributed by atoms with E-state index in [-0.39, 0.29) is 0 Å². The van der Waals surface area contributed by atoms with Crippen LogP contribution >= 0.6 is 0 Å². The van der Waals surface area contributed by atoms with E-state index < -0.39 is 0 Å². The molecule has 0 radical (unpaired) electrons. The quantitative estimate of drug-likeness (QED) is 0.730. The summed E-state index contributed by atoms with van der Waals surface area (Å²) in [4.78, 5) is 4.80. The van der Waals surface area contributed by atoms with Crippen molar-refractivity contribution in [3.05, 3.63) is 53.9 Å². The monoisotopic (exact) mass is 280 g/mol. The number of para-hydroxylation sites is 1. The van der Waals surface area contributed by atoms with Crippen LogP contribution in [0, 0.1) is 6.92 Å². The summed E-state index contributed by atoms with van der Waals surface area (Å²) >= 11 is 0. The highest BCUT2D eigenvalue weighted by atomic mass is 15.3. The largest absolute Gasteiger partial charge is 0.313 e. The highest BCUT2D eigenvalue weighted by Gasteiger charge is 2.09.